The molecule has 8 aromatic carbocycles. The van der Waals surface area contributed by atoms with E-state index in [0.717, 1.165) is 44.5 Å². The van der Waals surface area contributed by atoms with Crippen LogP contribution in [0.1, 0.15) is 44.5 Å². The summed E-state index contributed by atoms with van der Waals surface area (Å²) >= 11 is 0. The first-order valence-electron chi connectivity index (χ1n) is 28.3. The molecule has 0 amide bonds. The van der Waals surface area contributed by atoms with Gasteiger partial charge in [0.1, 0.15) is 61.5 Å². The Morgan fingerprint density at radius 2 is 0.667 bits per heavy atom. The van der Waals surface area contributed by atoms with Crippen LogP contribution in [0, 0.1) is 0 Å². The van der Waals surface area contributed by atoms with Gasteiger partial charge >= 0.3 is 8.25 Å². The third-order valence-corrected chi connectivity index (χ3v) is 15.3. The van der Waals surface area contributed by atoms with Crippen LogP contribution in [0.4, 0.5) is 0 Å². The van der Waals surface area contributed by atoms with Gasteiger partial charge in [0.05, 0.1) is 52.9 Å². The van der Waals surface area contributed by atoms with Crippen molar-refractivity contribution in [2.45, 2.75) is 120 Å². The average molecular weight is 1150 g/mol. The normalized spacial score (nSPS) is 23.3. The Kier molecular flexibility index (Phi) is 22.9. The van der Waals surface area contributed by atoms with E-state index >= 15 is 0 Å². The van der Waals surface area contributed by atoms with E-state index in [0.29, 0.717) is 0 Å². The Bertz CT molecular complexity index is 3200. The summed E-state index contributed by atoms with van der Waals surface area (Å²) in [5, 5.41) is 4.46. The van der Waals surface area contributed by atoms with Crippen LogP contribution < -0.4 is 0 Å². The predicted molar refractivity (Wildman–Crippen MR) is 316 cm³/mol. The fourth-order valence-electron chi connectivity index (χ4n) is 10.3. The summed E-state index contributed by atoms with van der Waals surface area (Å²) in [4.78, 5) is 3.42. The van der Waals surface area contributed by atoms with Crippen LogP contribution in [-0.4, -0.2) is 73.9 Å². The monoisotopic (exact) mass is 1150 g/mol. The molecule has 12 atom stereocenters. The van der Waals surface area contributed by atoms with Crippen molar-refractivity contribution in [3.05, 3.63) is 298 Å². The van der Waals surface area contributed by atoms with Crippen molar-refractivity contribution in [1.82, 2.24) is 0 Å². The minimum atomic E-state index is -2.95. The molecule has 1 saturated heterocycles. The van der Waals surface area contributed by atoms with Gasteiger partial charge in [-0.15, -0.1) is 9.05 Å². The molecule has 432 valence electrons. The summed E-state index contributed by atoms with van der Waals surface area (Å²) in [6, 6.07) is 76.5. The van der Waals surface area contributed by atoms with Crippen LogP contribution in [-0.2, 0) is 109 Å². The van der Waals surface area contributed by atoms with Crippen LogP contribution in [0.15, 0.2) is 248 Å². The summed E-state index contributed by atoms with van der Waals surface area (Å²) in [5.74, 6) is 0. The molecule has 2 aliphatic rings. The number of nitrogens with zero attached hydrogens (tertiary/aromatic N) is 3. The molecule has 1 heterocycles. The quantitative estimate of drug-likeness (QED) is 0.0181. The van der Waals surface area contributed by atoms with Crippen molar-refractivity contribution in [2.24, 2.45) is 5.11 Å². The van der Waals surface area contributed by atoms with Gasteiger partial charge in [0.15, 0.2) is 12.4 Å². The lowest BCUT2D eigenvalue weighted by atomic mass is 9.83. The molecular weight excluding hydrogens is 1080 g/mol. The Morgan fingerprint density at radius 3 is 1.02 bits per heavy atom. The first-order valence-corrected chi connectivity index (χ1v) is 29.3. The third-order valence-electron chi connectivity index (χ3n) is 14.5. The van der Waals surface area contributed by atoms with Crippen molar-refractivity contribution in [3.8, 4) is 0 Å². The van der Waals surface area contributed by atoms with Crippen LogP contribution >= 0.6 is 8.25 Å². The lowest BCUT2D eigenvalue weighted by Gasteiger charge is -2.50. The van der Waals surface area contributed by atoms with Crippen molar-refractivity contribution in [1.29, 1.82) is 0 Å². The SMILES string of the molecule is [N-]=[N+]=N[C@H]1[C@@H](O[C@@H]2[C@@H](OCc3ccccc3)[C@H](OCc3ccccc3)[C@@H](OCc3ccccc3)[C@@H](OCc3ccccc3)[C@H]2O[P+](=O)OCc2ccccc2)O[C@H](COCc2ccccc2)[C@@H](OCc2ccccc2)[C@@H]1OCc1ccccc1. The average Bonchev–Trinajstić information content (AvgIpc) is 2.85. The Balaban J connectivity index is 1.10. The third kappa shape index (κ3) is 17.4. The molecule has 0 spiro atoms. The second-order valence-corrected chi connectivity index (χ2v) is 21.4. The maximum absolute atomic E-state index is 14.8. The zero-order chi connectivity index (χ0) is 57.4. The molecule has 15 nitrogen and oxygen atoms in total. The summed E-state index contributed by atoms with van der Waals surface area (Å²) in [6.07, 6.45) is -11.1. The predicted octanol–water partition coefficient (Wildman–Crippen LogP) is 13.8. The molecular formula is C68H69N3O12P+. The smallest absolute Gasteiger partial charge is 0.374 e. The largest absolute Gasteiger partial charge is 0.698 e. The van der Waals surface area contributed by atoms with Crippen molar-refractivity contribution in [2.75, 3.05) is 6.61 Å². The van der Waals surface area contributed by atoms with Crippen molar-refractivity contribution >= 4 is 8.25 Å². The van der Waals surface area contributed by atoms with Crippen LogP contribution in [0.5, 0.6) is 0 Å². The topological polar surface area (TPSA) is 167 Å². The van der Waals surface area contributed by atoms with Gasteiger partial charge in [-0.3, -0.25) is 0 Å². The zero-order valence-electron chi connectivity index (χ0n) is 46.5. The van der Waals surface area contributed by atoms with Crippen LogP contribution in [0.3, 0.4) is 0 Å². The fourth-order valence-corrected chi connectivity index (χ4v) is 11.1. The molecule has 0 radical (unpaired) electrons. The fraction of sp³-hybridized carbons (Fsp3) is 0.294. The van der Waals surface area contributed by atoms with Gasteiger partial charge in [-0.05, 0) is 50.0 Å². The van der Waals surface area contributed by atoms with Gasteiger partial charge in [0.25, 0.3) is 0 Å². The van der Waals surface area contributed by atoms with Gasteiger partial charge in [0, 0.05) is 9.48 Å². The molecule has 1 unspecified atom stereocenters. The highest BCUT2D eigenvalue weighted by atomic mass is 31.1. The van der Waals surface area contributed by atoms with Crippen molar-refractivity contribution < 1.29 is 56.2 Å². The zero-order valence-corrected chi connectivity index (χ0v) is 47.4. The van der Waals surface area contributed by atoms with Gasteiger partial charge in [-0.2, -0.15) is 0 Å². The van der Waals surface area contributed by atoms with E-state index in [1.165, 1.54) is 0 Å². The number of hydrogen-bond acceptors (Lipinski definition) is 13. The molecule has 8 aromatic rings. The first-order chi connectivity index (χ1) is 41.5. The molecule has 0 aromatic heterocycles. The minimum absolute atomic E-state index is 0.00113. The summed E-state index contributed by atoms with van der Waals surface area (Å²) in [7, 11) is -2.95. The van der Waals surface area contributed by atoms with E-state index in [1.54, 1.807) is 0 Å². The molecule has 1 saturated carbocycles. The molecule has 1 aliphatic carbocycles. The summed E-state index contributed by atoms with van der Waals surface area (Å²) in [5.41, 5.74) is 17.6. The Labute approximate surface area is 491 Å². The van der Waals surface area contributed by atoms with E-state index in [4.69, 9.17) is 51.7 Å². The number of benzene rings is 8. The first kappa shape index (κ1) is 59.9. The lowest BCUT2D eigenvalue weighted by Crippen LogP contribution is -2.69. The van der Waals surface area contributed by atoms with E-state index in [-0.39, 0.29) is 59.5 Å². The van der Waals surface area contributed by atoms with Gasteiger partial charge in [0.2, 0.25) is 0 Å². The Hall–Kier alpha value is -7.27. The lowest BCUT2D eigenvalue weighted by molar-refractivity contribution is -0.336. The van der Waals surface area contributed by atoms with Gasteiger partial charge in [-0.1, -0.05) is 248 Å². The molecule has 0 bridgehead atoms. The number of azide groups is 1. The van der Waals surface area contributed by atoms with E-state index < -0.39 is 75.5 Å². The summed E-state index contributed by atoms with van der Waals surface area (Å²) < 4.78 is 91.3. The Morgan fingerprint density at radius 1 is 0.369 bits per heavy atom. The van der Waals surface area contributed by atoms with Crippen LogP contribution in [0.25, 0.3) is 10.4 Å². The highest BCUT2D eigenvalue weighted by Crippen LogP contribution is 2.43. The highest BCUT2D eigenvalue weighted by Gasteiger charge is 2.60. The molecule has 84 heavy (non-hydrogen) atoms. The van der Waals surface area contributed by atoms with Gasteiger partial charge in [-0.25, -0.2) is 0 Å². The standard InChI is InChI=1S/C68H69N3O12P/c69-71-70-59-61(75-43-52-29-13-3-14-30-52)60(74-42-51-27-11-2-12-28-51)58(49-73-41-50-25-9-1-10-26-50)81-68(59)82-66-64(78-46-55-35-19-6-20-36-55)62(76-44-53-31-15-4-16-32-53)63(77-45-54-33-17-5-18-34-54)65(79-47-56-37-21-7-22-38-56)67(66)83-84(72)80-48-57-39-23-8-24-40-57/h1-40,58-68H,41-49H2/q+1/t58-,59-,60-,61-,62-,63-,64+,65-,66-,67-,68-/m1/s1. The molecule has 10 rings (SSSR count). The number of ether oxygens (including phenoxy) is 9. The molecule has 1 aliphatic heterocycles. The molecule has 2 fully saturated rings. The van der Waals surface area contributed by atoms with Crippen LogP contribution in [0.2, 0.25) is 0 Å². The molecule has 0 N–H and O–H groups in total. The number of hydrogen-bond donors (Lipinski definition) is 0. The van der Waals surface area contributed by atoms with E-state index in [2.05, 4.69) is 10.0 Å². The van der Waals surface area contributed by atoms with E-state index in [1.807, 2.05) is 243 Å². The van der Waals surface area contributed by atoms with E-state index in [9.17, 15) is 10.1 Å². The number of rotatable bonds is 30. The van der Waals surface area contributed by atoms with Gasteiger partial charge < -0.3 is 42.6 Å². The highest BCUT2D eigenvalue weighted by molar-refractivity contribution is 7.33. The molecule has 16 heteroatoms. The van der Waals surface area contributed by atoms with Crippen molar-refractivity contribution in [3.63, 3.8) is 0 Å². The summed E-state index contributed by atoms with van der Waals surface area (Å²) in [6.45, 7) is 0.891. The second-order valence-electron chi connectivity index (χ2n) is 20.5. The maximum atomic E-state index is 14.8. The minimum Gasteiger partial charge on any atom is -0.374 e. The maximum Gasteiger partial charge on any atom is 0.698 e. The second kappa shape index (κ2) is 32.1.